The zero-order chi connectivity index (χ0) is 24.6. The molecule has 2 aromatic rings. The van der Waals surface area contributed by atoms with Crippen LogP contribution in [-0.2, 0) is 35.2 Å². The number of esters is 2. The highest BCUT2D eigenvalue weighted by Gasteiger charge is 2.63. The van der Waals surface area contributed by atoms with Gasteiger partial charge in [-0.3, -0.25) is 14.5 Å². The van der Waals surface area contributed by atoms with Crippen molar-refractivity contribution in [1.82, 2.24) is 4.90 Å². The highest BCUT2D eigenvalue weighted by Crippen LogP contribution is 2.52. The van der Waals surface area contributed by atoms with Gasteiger partial charge in [0.05, 0.1) is 12.7 Å². The topological polar surface area (TPSA) is 82.1 Å². The molecule has 0 bridgehead atoms. The van der Waals surface area contributed by atoms with E-state index in [2.05, 4.69) is 0 Å². The first-order valence-electron chi connectivity index (χ1n) is 11.0. The molecule has 4 atom stereocenters. The maximum absolute atomic E-state index is 13.7. The van der Waals surface area contributed by atoms with Gasteiger partial charge in [-0.15, -0.1) is 0 Å². The van der Waals surface area contributed by atoms with Gasteiger partial charge in [-0.25, -0.2) is 4.79 Å². The molecule has 2 heterocycles. The summed E-state index contributed by atoms with van der Waals surface area (Å²) in [4.78, 5) is 41.2. The molecule has 8 heteroatoms. The van der Waals surface area contributed by atoms with Crippen LogP contribution in [0.1, 0.15) is 37.8 Å². The molecule has 2 aliphatic heterocycles. The number of fused-ring (bicyclic) bond motifs is 1. The maximum Gasteiger partial charge on any atom is 0.336 e. The number of nitrogens with zero attached hydrogens (tertiary/aromatic N) is 1. The Balaban J connectivity index is 1.87. The number of hydrogen-bond donors (Lipinski definition) is 0. The summed E-state index contributed by atoms with van der Waals surface area (Å²) in [5.74, 6) is -3.45. The predicted octanol–water partition coefficient (Wildman–Crippen LogP) is 4.21. The number of halogens is 1. The van der Waals surface area contributed by atoms with Gasteiger partial charge in [-0.05, 0) is 44.0 Å². The number of amides is 1. The maximum atomic E-state index is 13.7. The van der Waals surface area contributed by atoms with E-state index in [4.69, 9.17) is 25.8 Å². The van der Waals surface area contributed by atoms with Crippen LogP contribution in [0.15, 0.2) is 65.9 Å². The van der Waals surface area contributed by atoms with Crippen LogP contribution in [0.3, 0.4) is 0 Å². The number of benzene rings is 2. The zero-order valence-corrected chi connectivity index (χ0v) is 20.2. The summed E-state index contributed by atoms with van der Waals surface area (Å²) in [6, 6.07) is 16.2. The molecule has 2 aliphatic rings. The molecule has 0 unspecified atom stereocenters. The third kappa shape index (κ3) is 3.99. The molecule has 0 aromatic heterocycles. The largest absolute Gasteiger partial charge is 0.466 e. The van der Waals surface area contributed by atoms with Gasteiger partial charge in [-0.2, -0.15) is 0 Å². The van der Waals surface area contributed by atoms with E-state index in [-0.39, 0.29) is 18.1 Å². The highest BCUT2D eigenvalue weighted by atomic mass is 35.5. The van der Waals surface area contributed by atoms with Crippen LogP contribution in [0.4, 0.5) is 0 Å². The molecule has 7 nitrogen and oxygen atoms in total. The lowest BCUT2D eigenvalue weighted by Gasteiger charge is -2.47. The monoisotopic (exact) mass is 483 g/mol. The van der Waals surface area contributed by atoms with Gasteiger partial charge < -0.3 is 14.2 Å². The minimum Gasteiger partial charge on any atom is -0.466 e. The summed E-state index contributed by atoms with van der Waals surface area (Å²) in [5.41, 5.74) is 0.615. The fourth-order valence-corrected chi connectivity index (χ4v) is 5.21. The number of carbonyl (C=O) groups excluding carboxylic acids is 3. The Morgan fingerprint density at radius 3 is 2.50 bits per heavy atom. The summed E-state index contributed by atoms with van der Waals surface area (Å²) in [6.45, 7) is 5.00. The Morgan fingerprint density at radius 2 is 1.85 bits per heavy atom. The molecule has 0 aliphatic carbocycles. The van der Waals surface area contributed by atoms with Crippen LogP contribution in [0.5, 0.6) is 0 Å². The minimum atomic E-state index is -1.38. The molecule has 1 amide bonds. The summed E-state index contributed by atoms with van der Waals surface area (Å²) in [7, 11) is 1.26. The smallest absolute Gasteiger partial charge is 0.336 e. The standard InChI is InChI=1S/C26H26ClNO6/c1-15-20(24(30)32-4)21(18-11-8-12-19(27)13-18)22(26(3)28(15)23(29)16(2)34-26)25(31)33-14-17-9-6-5-7-10-17/h5-13,16,21-22H,14H2,1-4H3/t16-,21+,22+,26-/m1/s1. The van der Waals surface area contributed by atoms with Gasteiger partial charge in [0.1, 0.15) is 18.6 Å². The molecule has 1 fully saturated rings. The summed E-state index contributed by atoms with van der Waals surface area (Å²) >= 11 is 6.28. The summed E-state index contributed by atoms with van der Waals surface area (Å²) in [5, 5.41) is 0.445. The first-order valence-corrected chi connectivity index (χ1v) is 11.3. The van der Waals surface area contributed by atoms with Gasteiger partial charge in [0, 0.05) is 16.6 Å². The fourth-order valence-electron chi connectivity index (χ4n) is 5.01. The minimum absolute atomic E-state index is 0.0360. The fraction of sp³-hybridized carbons (Fsp3) is 0.346. The van der Waals surface area contributed by atoms with Gasteiger partial charge in [0.15, 0.2) is 5.72 Å². The molecule has 0 radical (unpaired) electrons. The highest BCUT2D eigenvalue weighted by molar-refractivity contribution is 6.30. The zero-order valence-electron chi connectivity index (χ0n) is 19.4. The molecular formula is C26H26ClNO6. The molecule has 0 spiro atoms. The third-order valence-corrected chi connectivity index (χ3v) is 6.70. The van der Waals surface area contributed by atoms with Crippen molar-refractivity contribution in [3.8, 4) is 0 Å². The van der Waals surface area contributed by atoms with Crippen molar-refractivity contribution in [2.75, 3.05) is 7.11 Å². The number of ether oxygens (including phenoxy) is 3. The molecule has 1 saturated heterocycles. The summed E-state index contributed by atoms with van der Waals surface area (Å²) in [6.07, 6.45) is -0.804. The quantitative estimate of drug-likeness (QED) is 0.592. The molecular weight excluding hydrogens is 458 g/mol. The van der Waals surface area contributed by atoms with Gasteiger partial charge >= 0.3 is 11.9 Å². The lowest BCUT2D eigenvalue weighted by Crippen LogP contribution is -2.58. The van der Waals surface area contributed by atoms with E-state index in [1.165, 1.54) is 12.0 Å². The third-order valence-electron chi connectivity index (χ3n) is 6.47. The lowest BCUT2D eigenvalue weighted by molar-refractivity contribution is -0.179. The van der Waals surface area contributed by atoms with Gasteiger partial charge in [0.25, 0.3) is 5.91 Å². The van der Waals surface area contributed by atoms with Crippen LogP contribution < -0.4 is 0 Å². The summed E-state index contributed by atoms with van der Waals surface area (Å²) < 4.78 is 16.9. The second kappa shape index (κ2) is 9.24. The van der Waals surface area contributed by atoms with Gasteiger partial charge in [0.2, 0.25) is 0 Å². The van der Waals surface area contributed by atoms with E-state index >= 15 is 0 Å². The average Bonchev–Trinajstić information content (AvgIpc) is 3.06. The van der Waals surface area contributed by atoms with E-state index in [0.29, 0.717) is 16.3 Å². The van der Waals surface area contributed by atoms with Crippen LogP contribution in [-0.4, -0.2) is 41.7 Å². The van der Waals surface area contributed by atoms with Crippen LogP contribution in [0.2, 0.25) is 5.02 Å². The van der Waals surface area contributed by atoms with Crippen molar-refractivity contribution in [2.24, 2.45) is 5.92 Å². The molecule has 0 saturated carbocycles. The Hall–Kier alpha value is -3.16. The van der Waals surface area contributed by atoms with E-state index in [1.54, 1.807) is 45.0 Å². The molecule has 4 rings (SSSR count). The van der Waals surface area contributed by atoms with Crippen LogP contribution >= 0.6 is 11.6 Å². The van der Waals surface area contributed by atoms with Gasteiger partial charge in [-0.1, -0.05) is 54.1 Å². The number of carbonyl (C=O) groups is 3. The van der Waals surface area contributed by atoms with E-state index in [1.807, 2.05) is 30.3 Å². The van der Waals surface area contributed by atoms with Crippen molar-refractivity contribution in [2.45, 2.75) is 45.1 Å². The predicted molar refractivity (Wildman–Crippen MR) is 124 cm³/mol. The van der Waals surface area contributed by atoms with Crippen molar-refractivity contribution in [1.29, 1.82) is 0 Å². The van der Waals surface area contributed by atoms with Crippen molar-refractivity contribution < 1.29 is 28.6 Å². The van der Waals surface area contributed by atoms with Crippen molar-refractivity contribution >= 4 is 29.4 Å². The van der Waals surface area contributed by atoms with Crippen LogP contribution in [0.25, 0.3) is 0 Å². The molecule has 2 aromatic carbocycles. The average molecular weight is 484 g/mol. The van der Waals surface area contributed by atoms with E-state index < -0.39 is 35.6 Å². The molecule has 0 N–H and O–H groups in total. The molecule has 178 valence electrons. The Labute approximate surface area is 203 Å². The number of hydrogen-bond acceptors (Lipinski definition) is 6. The lowest BCUT2D eigenvalue weighted by atomic mass is 9.71. The van der Waals surface area contributed by atoms with E-state index in [0.717, 1.165) is 5.56 Å². The van der Waals surface area contributed by atoms with Crippen molar-refractivity contribution in [3.05, 3.63) is 82.0 Å². The van der Waals surface area contributed by atoms with Crippen LogP contribution in [0, 0.1) is 5.92 Å². The SMILES string of the molecule is COC(=O)C1=C(C)N2C(=O)[C@@H](C)O[C@]2(C)[C@H](C(=O)OCc2ccccc2)[C@H]1c1cccc(Cl)c1. The Bertz CT molecular complexity index is 1160. The first kappa shape index (κ1) is 24.0. The normalized spacial score (nSPS) is 26.3. The van der Waals surface area contributed by atoms with Crippen molar-refractivity contribution in [3.63, 3.8) is 0 Å². The Kier molecular flexibility index (Phi) is 6.51. The number of rotatable bonds is 5. The first-order chi connectivity index (χ1) is 16.2. The van der Waals surface area contributed by atoms with E-state index in [9.17, 15) is 14.4 Å². The second-order valence-electron chi connectivity index (χ2n) is 8.58. The number of methoxy groups -OCH3 is 1. The molecule has 34 heavy (non-hydrogen) atoms. The Morgan fingerprint density at radius 1 is 1.15 bits per heavy atom. The second-order valence-corrected chi connectivity index (χ2v) is 9.02. The number of allylic oxidation sites excluding steroid dienone is 1.